The lowest BCUT2D eigenvalue weighted by Crippen LogP contribution is -2.44. The van der Waals surface area contributed by atoms with E-state index in [-0.39, 0.29) is 5.78 Å². The van der Waals surface area contributed by atoms with E-state index in [0.717, 1.165) is 36.7 Å². The largest absolute Gasteiger partial charge is 0.344 e. The smallest absolute Gasteiger partial charge is 0.241 e. The third-order valence-corrected chi connectivity index (χ3v) is 4.74. The Morgan fingerprint density at radius 1 is 1.11 bits per heavy atom. The van der Waals surface area contributed by atoms with E-state index < -0.39 is 5.72 Å². The average Bonchev–Trinajstić information content (AvgIpc) is 3.11. The molecule has 5 nitrogen and oxygen atoms in total. The van der Waals surface area contributed by atoms with Crippen molar-refractivity contribution in [3.05, 3.63) is 36.4 Å². The number of Topliss-reactive ketones (excluding diaryl/α,β-unsaturated/α-hetero) is 1. The van der Waals surface area contributed by atoms with Gasteiger partial charge in [0.1, 0.15) is 5.52 Å². The molecule has 2 aromatic rings. The van der Waals surface area contributed by atoms with E-state index in [2.05, 4.69) is 24.2 Å². The molecule has 0 saturated heterocycles. The summed E-state index contributed by atoms with van der Waals surface area (Å²) in [5.41, 5.74) is 0.359. The number of aromatic nitrogens is 3. The number of unbranched alkanes of at least 4 members (excludes halogenated alkanes) is 5. The van der Waals surface area contributed by atoms with Crippen molar-refractivity contribution in [1.29, 1.82) is 0 Å². The van der Waals surface area contributed by atoms with Crippen LogP contribution in [0, 0.1) is 0 Å². The van der Waals surface area contributed by atoms with Crippen molar-refractivity contribution in [1.82, 2.24) is 15.0 Å². The minimum Gasteiger partial charge on any atom is -0.344 e. The summed E-state index contributed by atoms with van der Waals surface area (Å²) in [6, 6.07) is 7.70. The number of ether oxygens (including phenoxy) is 1. The minimum absolute atomic E-state index is 0.0452. The first-order valence-electron chi connectivity index (χ1n) is 10.4. The number of hydrogen-bond acceptors (Lipinski definition) is 4. The molecule has 0 aliphatic carbocycles. The van der Waals surface area contributed by atoms with Crippen LogP contribution >= 0.6 is 0 Å². The van der Waals surface area contributed by atoms with E-state index in [1.54, 1.807) is 4.68 Å². The first kappa shape index (κ1) is 21.3. The lowest BCUT2D eigenvalue weighted by Gasteiger charge is -2.29. The monoisotopic (exact) mass is 371 g/mol. The van der Waals surface area contributed by atoms with Crippen molar-refractivity contribution < 1.29 is 9.53 Å². The number of carbonyl (C=O) groups excluding carboxylic acids is 1. The van der Waals surface area contributed by atoms with E-state index >= 15 is 0 Å². The first-order chi connectivity index (χ1) is 13.2. The molecule has 0 fully saturated rings. The fraction of sp³-hybridized carbons (Fsp3) is 0.591. The number of ketones is 1. The van der Waals surface area contributed by atoms with Crippen molar-refractivity contribution in [2.75, 3.05) is 6.61 Å². The summed E-state index contributed by atoms with van der Waals surface area (Å²) in [4.78, 5) is 13.4. The molecule has 1 aromatic heterocycles. The highest BCUT2D eigenvalue weighted by molar-refractivity contribution is 5.89. The quantitative estimate of drug-likeness (QED) is 0.349. The van der Waals surface area contributed by atoms with E-state index in [4.69, 9.17) is 4.74 Å². The van der Waals surface area contributed by atoms with Gasteiger partial charge in [0.2, 0.25) is 5.72 Å². The van der Waals surface area contributed by atoms with Crippen molar-refractivity contribution >= 4 is 16.8 Å². The van der Waals surface area contributed by atoms with E-state index in [0.29, 0.717) is 13.0 Å². The number of nitrogens with zero attached hydrogens (tertiary/aromatic N) is 3. The maximum Gasteiger partial charge on any atom is 0.241 e. The minimum atomic E-state index is -1.22. The lowest BCUT2D eigenvalue weighted by molar-refractivity contribution is -0.151. The van der Waals surface area contributed by atoms with E-state index in [1.807, 2.05) is 43.3 Å². The van der Waals surface area contributed by atoms with Crippen LogP contribution in [0.3, 0.4) is 0 Å². The molecule has 0 spiro atoms. The highest BCUT2D eigenvalue weighted by Crippen LogP contribution is 2.28. The first-order valence-corrected chi connectivity index (χ1v) is 10.4. The summed E-state index contributed by atoms with van der Waals surface area (Å²) >= 11 is 0. The Labute approximate surface area is 162 Å². The van der Waals surface area contributed by atoms with Crippen molar-refractivity contribution in [2.24, 2.45) is 0 Å². The van der Waals surface area contributed by atoms with Crippen LogP contribution in [0.2, 0.25) is 0 Å². The molecule has 0 radical (unpaired) electrons. The fourth-order valence-corrected chi connectivity index (χ4v) is 3.28. The van der Waals surface area contributed by atoms with Gasteiger partial charge in [0, 0.05) is 13.0 Å². The maximum atomic E-state index is 13.4. The topological polar surface area (TPSA) is 57.0 Å². The number of benzene rings is 1. The third-order valence-electron chi connectivity index (χ3n) is 4.74. The number of para-hydroxylation sites is 1. The maximum absolute atomic E-state index is 13.4. The highest BCUT2D eigenvalue weighted by Gasteiger charge is 2.40. The van der Waals surface area contributed by atoms with Gasteiger partial charge in [0.05, 0.1) is 5.52 Å². The molecule has 0 bridgehead atoms. The predicted molar refractivity (Wildman–Crippen MR) is 110 cm³/mol. The molecular formula is C22H33N3O2. The Morgan fingerprint density at radius 3 is 2.63 bits per heavy atom. The summed E-state index contributed by atoms with van der Waals surface area (Å²) in [7, 11) is 0. The Bertz CT molecular complexity index is 738. The van der Waals surface area contributed by atoms with Crippen molar-refractivity contribution in [3.8, 4) is 0 Å². The van der Waals surface area contributed by atoms with E-state index in [9.17, 15) is 4.79 Å². The Kier molecular flexibility index (Phi) is 8.65. The second kappa shape index (κ2) is 11.0. The lowest BCUT2D eigenvalue weighted by atomic mass is 9.99. The molecule has 0 aliphatic heterocycles. The van der Waals surface area contributed by atoms with Crippen LogP contribution in [0.5, 0.6) is 0 Å². The Balaban J connectivity index is 2.35. The second-order valence-electron chi connectivity index (χ2n) is 6.90. The molecule has 0 aliphatic rings. The van der Waals surface area contributed by atoms with Gasteiger partial charge in [-0.3, -0.25) is 4.79 Å². The number of rotatable bonds is 13. The summed E-state index contributed by atoms with van der Waals surface area (Å²) in [6.45, 7) is 6.65. The molecule has 1 heterocycles. The standard InChI is InChI=1S/C22H33N3O2/c1-4-7-9-10-11-17-21(26)22(27-6-3,18-14-8-5-2)25-20-16-13-12-15-19(20)23-24-25/h12-16,18H,4-11,17H2,1-3H3/b18-14+. The summed E-state index contributed by atoms with van der Waals surface area (Å²) in [5, 5.41) is 8.56. The van der Waals surface area contributed by atoms with Gasteiger partial charge in [0.25, 0.3) is 0 Å². The third kappa shape index (κ3) is 5.25. The van der Waals surface area contributed by atoms with E-state index in [1.165, 1.54) is 19.3 Å². The number of allylic oxidation sites excluding steroid dienone is 1. The fourth-order valence-electron chi connectivity index (χ4n) is 3.28. The Morgan fingerprint density at radius 2 is 1.89 bits per heavy atom. The molecule has 1 atom stereocenters. The van der Waals surface area contributed by atoms with Crippen LogP contribution in [0.1, 0.15) is 72.1 Å². The molecule has 1 unspecified atom stereocenters. The van der Waals surface area contributed by atoms with Gasteiger partial charge in [-0.05, 0) is 38.0 Å². The average molecular weight is 372 g/mol. The van der Waals surface area contributed by atoms with Gasteiger partial charge >= 0.3 is 0 Å². The second-order valence-corrected chi connectivity index (χ2v) is 6.90. The van der Waals surface area contributed by atoms with Crippen LogP contribution < -0.4 is 0 Å². The van der Waals surface area contributed by atoms with Gasteiger partial charge in [-0.15, -0.1) is 5.10 Å². The van der Waals surface area contributed by atoms with Gasteiger partial charge in [-0.25, -0.2) is 4.68 Å². The molecule has 1 aromatic carbocycles. The molecule has 5 heteroatoms. The van der Waals surface area contributed by atoms with Gasteiger partial charge in [-0.2, -0.15) is 0 Å². The zero-order chi connectivity index (χ0) is 19.5. The van der Waals surface area contributed by atoms with Crippen LogP contribution in [0.15, 0.2) is 36.4 Å². The van der Waals surface area contributed by atoms with Crippen LogP contribution in [-0.4, -0.2) is 27.4 Å². The normalized spacial score (nSPS) is 14.0. The van der Waals surface area contributed by atoms with Crippen LogP contribution in [-0.2, 0) is 15.3 Å². The Hall–Kier alpha value is -2.01. The summed E-state index contributed by atoms with van der Waals surface area (Å²) in [6.07, 6.45) is 11.8. The zero-order valence-electron chi connectivity index (χ0n) is 17.0. The molecule has 2 rings (SSSR count). The van der Waals surface area contributed by atoms with Crippen LogP contribution in [0.25, 0.3) is 11.0 Å². The molecule has 0 amide bonds. The van der Waals surface area contributed by atoms with Crippen LogP contribution in [0.4, 0.5) is 0 Å². The summed E-state index contributed by atoms with van der Waals surface area (Å²) < 4.78 is 7.75. The van der Waals surface area contributed by atoms with Crippen molar-refractivity contribution in [2.45, 2.75) is 77.9 Å². The number of hydrogen-bond donors (Lipinski definition) is 0. The molecule has 27 heavy (non-hydrogen) atoms. The van der Waals surface area contributed by atoms with Gasteiger partial charge in [-0.1, -0.05) is 69.4 Å². The molecule has 0 N–H and O–H groups in total. The number of carbonyl (C=O) groups is 1. The molecular weight excluding hydrogens is 338 g/mol. The van der Waals surface area contributed by atoms with Crippen molar-refractivity contribution in [3.63, 3.8) is 0 Å². The van der Waals surface area contributed by atoms with Gasteiger partial charge in [0.15, 0.2) is 5.78 Å². The molecule has 0 saturated carbocycles. The SMILES string of the molecule is CCC/C=C/C(OCC)(C(=O)CCCCCCC)n1nnc2ccccc21. The highest BCUT2D eigenvalue weighted by atomic mass is 16.5. The van der Waals surface area contributed by atoms with Gasteiger partial charge < -0.3 is 4.74 Å². The molecule has 148 valence electrons. The predicted octanol–water partition coefficient (Wildman–Crippen LogP) is 5.41. The number of fused-ring (bicyclic) bond motifs is 1. The zero-order valence-corrected chi connectivity index (χ0v) is 17.0. The summed E-state index contributed by atoms with van der Waals surface area (Å²) in [5.74, 6) is 0.0452.